The quantitative estimate of drug-likeness (QED) is 0.0293. The van der Waals surface area contributed by atoms with Gasteiger partial charge in [-0.3, -0.25) is 9.59 Å². The summed E-state index contributed by atoms with van der Waals surface area (Å²) in [5.41, 5.74) is 1.55. The summed E-state index contributed by atoms with van der Waals surface area (Å²) >= 11 is 0. The third-order valence-electron chi connectivity index (χ3n) is 9.23. The van der Waals surface area contributed by atoms with Gasteiger partial charge in [-0.05, 0) is 100 Å². The van der Waals surface area contributed by atoms with Crippen LogP contribution >= 0.6 is 0 Å². The average Bonchev–Trinajstić information content (AvgIpc) is 3.26. The molecule has 0 aliphatic heterocycles. The van der Waals surface area contributed by atoms with E-state index in [9.17, 15) is 19.2 Å². The maximum atomic E-state index is 12.6. The van der Waals surface area contributed by atoms with E-state index in [4.69, 9.17) is 33.2 Å². The Kier molecular flexibility index (Phi) is 22.7. The van der Waals surface area contributed by atoms with Gasteiger partial charge in [-0.2, -0.15) is 0 Å². The molecule has 4 rings (SSSR count). The second kappa shape index (κ2) is 27.9. The van der Waals surface area contributed by atoms with Crippen molar-refractivity contribution in [3.63, 3.8) is 0 Å². The zero-order valence-corrected chi connectivity index (χ0v) is 37.6. The highest BCUT2D eigenvalue weighted by Gasteiger charge is 2.17. The third kappa shape index (κ3) is 19.2. The highest BCUT2D eigenvalue weighted by molar-refractivity contribution is 5.92. The van der Waals surface area contributed by atoms with Gasteiger partial charge in [-0.15, -0.1) is 0 Å². The van der Waals surface area contributed by atoms with Crippen LogP contribution in [0.25, 0.3) is 0 Å². The Balaban J connectivity index is 0.000000341. The number of aldehydes is 1. The molecular weight excluding hydrogens is 791 g/mol. The third-order valence-corrected chi connectivity index (χ3v) is 9.23. The first-order valence-electron chi connectivity index (χ1n) is 21.5. The minimum absolute atomic E-state index is 0.0791. The van der Waals surface area contributed by atoms with E-state index in [2.05, 4.69) is 19.2 Å². The lowest BCUT2D eigenvalue weighted by atomic mass is 10.1. The number of hydrogen-bond acceptors (Lipinski definition) is 12. The van der Waals surface area contributed by atoms with Gasteiger partial charge < -0.3 is 38.5 Å². The van der Waals surface area contributed by atoms with Crippen LogP contribution in [0.2, 0.25) is 0 Å². The number of esters is 3. The Bertz CT molecular complexity index is 1950. The molecular formula is C50H65NO11. The molecule has 12 nitrogen and oxygen atoms in total. The van der Waals surface area contributed by atoms with Crippen molar-refractivity contribution < 1.29 is 52.3 Å². The lowest BCUT2D eigenvalue weighted by Crippen LogP contribution is -2.31. The molecule has 1 N–H and O–H groups in total. The van der Waals surface area contributed by atoms with Gasteiger partial charge in [0.05, 0.1) is 50.7 Å². The molecule has 62 heavy (non-hydrogen) atoms. The number of carbonyl (C=O) groups excluding carboxylic acids is 4. The molecule has 336 valence electrons. The number of methoxy groups -OCH3 is 2. The molecule has 0 aromatic heterocycles. The minimum Gasteiger partial charge on any atom is -0.496 e. The van der Waals surface area contributed by atoms with Crippen molar-refractivity contribution in [2.24, 2.45) is 0 Å². The highest BCUT2D eigenvalue weighted by Crippen LogP contribution is 2.27. The van der Waals surface area contributed by atoms with E-state index in [1.165, 1.54) is 64.5 Å². The summed E-state index contributed by atoms with van der Waals surface area (Å²) in [7, 11) is 3.00. The molecule has 0 saturated heterocycles. The summed E-state index contributed by atoms with van der Waals surface area (Å²) in [6.45, 7) is 11.7. The summed E-state index contributed by atoms with van der Waals surface area (Å²) < 4.78 is 38.1. The number of rotatable bonds is 25. The maximum Gasteiger partial charge on any atom is 0.343 e. The number of carbonyl (C=O) groups is 4. The first-order chi connectivity index (χ1) is 29.9. The summed E-state index contributed by atoms with van der Waals surface area (Å²) in [4.78, 5) is 47.6. The van der Waals surface area contributed by atoms with Crippen LogP contribution in [0.15, 0.2) is 84.9 Å². The molecule has 0 bridgehead atoms. The van der Waals surface area contributed by atoms with Crippen molar-refractivity contribution in [2.45, 2.75) is 111 Å². The van der Waals surface area contributed by atoms with Crippen molar-refractivity contribution in [1.29, 1.82) is 0 Å². The highest BCUT2D eigenvalue weighted by atomic mass is 16.6. The van der Waals surface area contributed by atoms with Crippen molar-refractivity contribution >= 4 is 24.2 Å². The Labute approximate surface area is 367 Å². The molecule has 0 fully saturated rings. The second-order valence-corrected chi connectivity index (χ2v) is 15.5. The zero-order chi connectivity index (χ0) is 45.2. The van der Waals surface area contributed by atoms with Crippen LogP contribution in [-0.2, 0) is 16.1 Å². The van der Waals surface area contributed by atoms with Gasteiger partial charge in [0.1, 0.15) is 40.1 Å². The average molecular weight is 856 g/mol. The number of nitrogens with one attached hydrogen (secondary N) is 1. The standard InChI is InChI=1S/C28H39NO6.C22H26O5/c1-6-7-8-9-10-17-33-23-14-11-21(12-15-23)27(31)34-24-16-13-22(25(18-24)32-5)19-29-20-26(30)35-28(2,3)4;1-3-4-5-6-7-14-26-19-11-8-17(9-12-19)22(24)27-20-13-10-18(16-23)21(15-20)25-2/h11-16,18,29H,6-10,17,19-20H2,1-5H3;8-13,15-16H,3-7,14H2,1-2H3. The van der Waals surface area contributed by atoms with Gasteiger partial charge in [0.15, 0.2) is 6.29 Å². The molecule has 0 saturated carbocycles. The molecule has 0 heterocycles. The van der Waals surface area contributed by atoms with Gasteiger partial charge in [0.25, 0.3) is 0 Å². The van der Waals surface area contributed by atoms with Gasteiger partial charge in [0.2, 0.25) is 0 Å². The Morgan fingerprint density at radius 3 is 1.48 bits per heavy atom. The van der Waals surface area contributed by atoms with Gasteiger partial charge in [-0.25, -0.2) is 9.59 Å². The zero-order valence-electron chi connectivity index (χ0n) is 37.6. The lowest BCUT2D eigenvalue weighted by molar-refractivity contribution is -0.153. The lowest BCUT2D eigenvalue weighted by Gasteiger charge is -2.19. The normalized spacial score (nSPS) is 10.8. The van der Waals surface area contributed by atoms with E-state index in [-0.39, 0.29) is 12.5 Å². The summed E-state index contributed by atoms with van der Waals surface area (Å²) in [5, 5.41) is 3.04. The number of ether oxygens (including phenoxy) is 7. The van der Waals surface area contributed by atoms with Crippen molar-refractivity contribution in [1.82, 2.24) is 5.32 Å². The predicted molar refractivity (Wildman–Crippen MR) is 240 cm³/mol. The SMILES string of the molecule is CCCCCCCOc1ccc(C(=O)Oc2ccc(C=O)c(OC)c2)cc1.CCCCCCCOc1ccc(C(=O)Oc2ccc(CNCC(=O)OC(C)(C)C)c(OC)c2)cc1. The van der Waals surface area contributed by atoms with Gasteiger partial charge in [-0.1, -0.05) is 71.3 Å². The number of hydrogen-bond donors (Lipinski definition) is 1. The number of unbranched alkanes of at least 4 members (excludes halogenated alkanes) is 8. The topological polar surface area (TPSA) is 145 Å². The largest absolute Gasteiger partial charge is 0.496 e. The van der Waals surface area contributed by atoms with E-state index >= 15 is 0 Å². The summed E-state index contributed by atoms with van der Waals surface area (Å²) in [6, 6.07) is 23.6. The maximum absolute atomic E-state index is 12.6. The van der Waals surface area contributed by atoms with E-state index in [0.717, 1.165) is 29.9 Å². The van der Waals surface area contributed by atoms with Crippen LogP contribution in [0.1, 0.15) is 135 Å². The fourth-order valence-electron chi connectivity index (χ4n) is 5.96. The van der Waals surface area contributed by atoms with Crippen LogP contribution in [-0.4, -0.2) is 63.8 Å². The monoisotopic (exact) mass is 855 g/mol. The van der Waals surface area contributed by atoms with Gasteiger partial charge >= 0.3 is 17.9 Å². The van der Waals surface area contributed by atoms with Crippen LogP contribution in [0.4, 0.5) is 0 Å². The van der Waals surface area contributed by atoms with Crippen LogP contribution in [0.3, 0.4) is 0 Å². The molecule has 0 aliphatic rings. The molecule has 4 aromatic carbocycles. The molecule has 0 radical (unpaired) electrons. The Hall–Kier alpha value is -5.88. The molecule has 0 spiro atoms. The minimum atomic E-state index is -0.525. The van der Waals surface area contributed by atoms with E-state index < -0.39 is 17.5 Å². The Morgan fingerprint density at radius 2 is 1.03 bits per heavy atom. The molecule has 12 heteroatoms. The first-order valence-corrected chi connectivity index (χ1v) is 21.5. The first kappa shape index (κ1) is 50.5. The van der Waals surface area contributed by atoms with E-state index in [1.54, 1.807) is 86.0 Å². The summed E-state index contributed by atoms with van der Waals surface area (Å²) in [5.74, 6) is 1.79. The fourth-order valence-corrected chi connectivity index (χ4v) is 5.96. The number of benzene rings is 4. The molecule has 0 unspecified atom stereocenters. The summed E-state index contributed by atoms with van der Waals surface area (Å²) in [6.07, 6.45) is 12.5. The van der Waals surface area contributed by atoms with Crippen LogP contribution in [0.5, 0.6) is 34.5 Å². The molecule has 0 amide bonds. The van der Waals surface area contributed by atoms with Crippen LogP contribution < -0.4 is 33.7 Å². The Morgan fingerprint density at radius 1 is 0.581 bits per heavy atom. The second-order valence-electron chi connectivity index (χ2n) is 15.5. The van der Waals surface area contributed by atoms with Crippen molar-refractivity contribution in [2.75, 3.05) is 34.0 Å². The predicted octanol–water partition coefficient (Wildman–Crippen LogP) is 10.8. The van der Waals surface area contributed by atoms with Crippen LogP contribution in [0, 0.1) is 0 Å². The van der Waals surface area contributed by atoms with Crippen molar-refractivity contribution in [3.05, 3.63) is 107 Å². The van der Waals surface area contributed by atoms with E-state index in [1.807, 2.05) is 20.8 Å². The smallest absolute Gasteiger partial charge is 0.343 e. The molecule has 0 aliphatic carbocycles. The van der Waals surface area contributed by atoms with E-state index in [0.29, 0.717) is 65.7 Å². The molecule has 4 aromatic rings. The van der Waals surface area contributed by atoms with Crippen molar-refractivity contribution in [3.8, 4) is 34.5 Å². The van der Waals surface area contributed by atoms with Gasteiger partial charge in [0, 0.05) is 24.2 Å². The molecule has 0 atom stereocenters. The fraction of sp³-hybridized carbons (Fsp3) is 0.440.